The summed E-state index contributed by atoms with van der Waals surface area (Å²) in [4.78, 5) is 28.6. The molecule has 2 amide bonds. The van der Waals surface area contributed by atoms with Gasteiger partial charge in [0, 0.05) is 17.1 Å². The number of benzene rings is 2. The number of aromatic nitrogens is 2. The van der Waals surface area contributed by atoms with E-state index in [4.69, 9.17) is 0 Å². The number of halogens is 1. The summed E-state index contributed by atoms with van der Waals surface area (Å²) < 4.78 is 17.5. The first-order chi connectivity index (χ1) is 15.0. The maximum atomic E-state index is 13.7. The van der Waals surface area contributed by atoms with Gasteiger partial charge in [0.15, 0.2) is 5.69 Å². The molecule has 0 bridgehead atoms. The molecule has 3 aromatic rings. The van der Waals surface area contributed by atoms with Crippen LogP contribution in [-0.2, 0) is 4.79 Å². The highest BCUT2D eigenvalue weighted by Crippen LogP contribution is 2.32. The summed E-state index contributed by atoms with van der Waals surface area (Å²) in [5.41, 5.74) is 2.11. The summed E-state index contributed by atoms with van der Waals surface area (Å²) in [6.45, 7) is 1.88. The maximum absolute atomic E-state index is 13.7. The number of nitrogens with one attached hydrogen (secondary N) is 1. The fourth-order valence-corrected chi connectivity index (χ4v) is 4.42. The monoisotopic (exact) mass is 438 g/mol. The van der Waals surface area contributed by atoms with E-state index in [-0.39, 0.29) is 17.6 Å². The second-order valence-corrected chi connectivity index (χ2v) is 8.31. The third kappa shape index (κ3) is 4.64. The number of nitrogens with zero attached hydrogens (tertiary/aromatic N) is 3. The lowest BCUT2D eigenvalue weighted by molar-refractivity contribution is -0.123. The van der Waals surface area contributed by atoms with Crippen LogP contribution in [-0.4, -0.2) is 27.4 Å². The molecule has 1 aromatic heterocycles. The van der Waals surface area contributed by atoms with Crippen LogP contribution in [0.4, 0.5) is 10.1 Å². The number of carbonyl (C=O) groups is 2. The molecule has 1 aliphatic rings. The Labute approximate surface area is 184 Å². The minimum Gasteiger partial charge on any atom is -0.351 e. The van der Waals surface area contributed by atoms with E-state index < -0.39 is 17.8 Å². The average Bonchev–Trinajstić information content (AvgIpc) is 3.47. The number of rotatable bonds is 6. The summed E-state index contributed by atoms with van der Waals surface area (Å²) in [5, 5.41) is 8.59. The van der Waals surface area contributed by atoms with Crippen molar-refractivity contribution in [3.8, 4) is 0 Å². The quantitative estimate of drug-likeness (QED) is 0.618. The van der Waals surface area contributed by atoms with Crippen LogP contribution in [0.2, 0.25) is 0 Å². The van der Waals surface area contributed by atoms with Crippen LogP contribution in [0, 0.1) is 12.7 Å². The van der Waals surface area contributed by atoms with Gasteiger partial charge in [0.25, 0.3) is 5.91 Å². The van der Waals surface area contributed by atoms with Crippen LogP contribution in [0.15, 0.2) is 53.9 Å². The highest BCUT2D eigenvalue weighted by Gasteiger charge is 2.36. The van der Waals surface area contributed by atoms with Crippen LogP contribution in [0.5, 0.6) is 0 Å². The summed E-state index contributed by atoms with van der Waals surface area (Å²) in [6, 6.07) is 12.2. The first-order valence-corrected chi connectivity index (χ1v) is 11.1. The molecule has 0 spiro atoms. The molecule has 1 atom stereocenters. The molecule has 0 radical (unpaired) electrons. The normalized spacial score (nSPS) is 14.9. The molecule has 0 aliphatic heterocycles. The van der Waals surface area contributed by atoms with E-state index in [0.29, 0.717) is 11.3 Å². The number of hydrogen-bond donors (Lipinski definition) is 1. The standard InChI is InChI=1S/C23H23FN4O2S/c1-15-6-2-5-9-20(15)28(23(30)19-14-31-27-26-19)21(16-10-12-17(24)13-11-16)22(29)25-18-7-3-4-8-18/h2,5-6,9-14,18,21H,3-4,7-8H2,1H3,(H,25,29)/t21-/m1/s1. The molecular weight excluding hydrogens is 415 g/mol. The molecule has 160 valence electrons. The number of para-hydroxylation sites is 1. The predicted octanol–water partition coefficient (Wildman–Crippen LogP) is 4.43. The maximum Gasteiger partial charge on any atom is 0.280 e. The number of carbonyl (C=O) groups excluding carboxylic acids is 2. The van der Waals surface area contributed by atoms with Crippen molar-refractivity contribution in [3.05, 3.63) is 76.5 Å². The molecule has 2 aromatic carbocycles. The Morgan fingerprint density at radius 1 is 1.13 bits per heavy atom. The molecular formula is C23H23FN4O2S. The number of amides is 2. The van der Waals surface area contributed by atoms with Gasteiger partial charge < -0.3 is 5.32 Å². The SMILES string of the molecule is Cc1ccccc1N(C(=O)c1csnn1)[C@@H](C(=O)NC1CCCC1)c1ccc(F)cc1. The summed E-state index contributed by atoms with van der Waals surface area (Å²) >= 11 is 1.07. The Morgan fingerprint density at radius 3 is 2.48 bits per heavy atom. The van der Waals surface area contributed by atoms with Crippen molar-refractivity contribution in [2.75, 3.05) is 4.90 Å². The summed E-state index contributed by atoms with van der Waals surface area (Å²) in [5.74, 6) is -1.13. The third-order valence-electron chi connectivity index (χ3n) is 5.57. The second-order valence-electron chi connectivity index (χ2n) is 7.70. The van der Waals surface area contributed by atoms with E-state index >= 15 is 0 Å². The van der Waals surface area contributed by atoms with Gasteiger partial charge in [-0.2, -0.15) is 0 Å². The highest BCUT2D eigenvalue weighted by atomic mass is 32.1. The van der Waals surface area contributed by atoms with Crippen LogP contribution < -0.4 is 10.2 Å². The van der Waals surface area contributed by atoms with Crippen LogP contribution in [0.25, 0.3) is 0 Å². The van der Waals surface area contributed by atoms with Gasteiger partial charge in [0.2, 0.25) is 5.91 Å². The molecule has 1 fully saturated rings. The summed E-state index contributed by atoms with van der Waals surface area (Å²) in [7, 11) is 0. The van der Waals surface area contributed by atoms with Gasteiger partial charge in [0.1, 0.15) is 11.9 Å². The van der Waals surface area contributed by atoms with E-state index in [9.17, 15) is 14.0 Å². The van der Waals surface area contributed by atoms with Gasteiger partial charge in [-0.15, -0.1) is 5.10 Å². The molecule has 8 heteroatoms. The molecule has 6 nitrogen and oxygen atoms in total. The summed E-state index contributed by atoms with van der Waals surface area (Å²) in [6.07, 6.45) is 3.96. The molecule has 1 N–H and O–H groups in total. The molecule has 4 rings (SSSR count). The number of aryl methyl sites for hydroxylation is 1. The van der Waals surface area contributed by atoms with Gasteiger partial charge in [0.05, 0.1) is 0 Å². The zero-order valence-electron chi connectivity index (χ0n) is 17.1. The first kappa shape index (κ1) is 21.1. The third-order valence-corrected chi connectivity index (χ3v) is 6.07. The Morgan fingerprint density at radius 2 is 1.84 bits per heavy atom. The smallest absolute Gasteiger partial charge is 0.280 e. The topological polar surface area (TPSA) is 75.2 Å². The minimum absolute atomic E-state index is 0.0743. The molecule has 1 saturated carbocycles. The predicted molar refractivity (Wildman–Crippen MR) is 117 cm³/mol. The van der Waals surface area contributed by atoms with Crippen LogP contribution >= 0.6 is 11.5 Å². The minimum atomic E-state index is -0.975. The lowest BCUT2D eigenvalue weighted by atomic mass is 10.0. The van der Waals surface area contributed by atoms with Crippen LogP contribution in [0.3, 0.4) is 0 Å². The first-order valence-electron chi connectivity index (χ1n) is 10.3. The van der Waals surface area contributed by atoms with Gasteiger partial charge in [-0.1, -0.05) is 47.7 Å². The van der Waals surface area contributed by atoms with Crippen molar-refractivity contribution < 1.29 is 14.0 Å². The van der Waals surface area contributed by atoms with E-state index in [1.165, 1.54) is 17.0 Å². The zero-order valence-corrected chi connectivity index (χ0v) is 17.9. The lowest BCUT2D eigenvalue weighted by Crippen LogP contribution is -2.46. The van der Waals surface area contributed by atoms with Crippen molar-refractivity contribution in [2.45, 2.75) is 44.7 Å². The fraction of sp³-hybridized carbons (Fsp3) is 0.304. The highest BCUT2D eigenvalue weighted by molar-refractivity contribution is 7.03. The Hall–Kier alpha value is -3.13. The van der Waals surface area contributed by atoms with Gasteiger partial charge in [-0.05, 0) is 60.6 Å². The molecule has 31 heavy (non-hydrogen) atoms. The molecule has 1 heterocycles. The molecule has 0 saturated heterocycles. The van der Waals surface area contributed by atoms with E-state index in [0.717, 1.165) is 42.8 Å². The van der Waals surface area contributed by atoms with Crippen LogP contribution in [0.1, 0.15) is 53.3 Å². The van der Waals surface area contributed by atoms with Gasteiger partial charge in [-0.3, -0.25) is 14.5 Å². The van der Waals surface area contributed by atoms with Crippen molar-refractivity contribution in [1.82, 2.24) is 14.9 Å². The Kier molecular flexibility index (Phi) is 6.36. The van der Waals surface area contributed by atoms with Crippen molar-refractivity contribution in [2.24, 2.45) is 0 Å². The molecule has 1 aliphatic carbocycles. The van der Waals surface area contributed by atoms with Gasteiger partial charge in [-0.25, -0.2) is 4.39 Å². The average molecular weight is 439 g/mol. The van der Waals surface area contributed by atoms with E-state index in [2.05, 4.69) is 14.9 Å². The van der Waals surface area contributed by atoms with Crippen molar-refractivity contribution in [3.63, 3.8) is 0 Å². The van der Waals surface area contributed by atoms with E-state index in [1.54, 1.807) is 23.6 Å². The van der Waals surface area contributed by atoms with Crippen molar-refractivity contribution >= 4 is 29.0 Å². The number of anilines is 1. The lowest BCUT2D eigenvalue weighted by Gasteiger charge is -2.32. The fourth-order valence-electron chi connectivity index (χ4n) is 3.99. The largest absolute Gasteiger partial charge is 0.351 e. The Balaban J connectivity index is 1.82. The Bertz CT molecular complexity index is 1050. The molecule has 0 unspecified atom stereocenters. The van der Waals surface area contributed by atoms with Gasteiger partial charge >= 0.3 is 0 Å². The van der Waals surface area contributed by atoms with E-state index in [1.807, 2.05) is 25.1 Å². The zero-order chi connectivity index (χ0) is 21.8. The number of hydrogen-bond acceptors (Lipinski definition) is 5. The van der Waals surface area contributed by atoms with Crippen molar-refractivity contribution in [1.29, 1.82) is 0 Å². The second kappa shape index (κ2) is 9.34.